The molecule has 0 radical (unpaired) electrons. The molecule has 1 aliphatic heterocycles. The number of nitrogens with zero attached hydrogens (tertiary/aromatic N) is 3. The number of carbonyl (C=O) groups is 3. The van der Waals surface area contributed by atoms with Gasteiger partial charge >= 0.3 is 12.1 Å². The summed E-state index contributed by atoms with van der Waals surface area (Å²) in [5.41, 5.74) is 4.28. The number of benzene rings is 2. The number of unbranched alkanes of at least 4 members (excludes halogenated alkanes) is 4. The number of ether oxygens (including phenoxy) is 3. The van der Waals surface area contributed by atoms with Gasteiger partial charge in [-0.25, -0.2) is 14.8 Å². The van der Waals surface area contributed by atoms with Crippen LogP contribution >= 0.6 is 0 Å². The number of hydrogen-bond acceptors (Lipinski definition) is 8. The van der Waals surface area contributed by atoms with Crippen molar-refractivity contribution in [3.8, 4) is 28.3 Å². The molecule has 1 N–H and O–H groups in total. The molecular weight excluding hydrogens is 608 g/mol. The van der Waals surface area contributed by atoms with Crippen molar-refractivity contribution in [2.45, 2.75) is 58.4 Å². The first-order valence-electron chi connectivity index (χ1n) is 16.6. The van der Waals surface area contributed by atoms with Crippen molar-refractivity contribution in [2.24, 2.45) is 5.92 Å². The van der Waals surface area contributed by atoms with Crippen LogP contribution in [0.25, 0.3) is 22.5 Å². The Labute approximate surface area is 283 Å². The Bertz CT molecular complexity index is 1530. The van der Waals surface area contributed by atoms with E-state index in [2.05, 4.69) is 28.8 Å². The summed E-state index contributed by atoms with van der Waals surface area (Å²) in [5.74, 6) is 0.397. The van der Waals surface area contributed by atoms with E-state index in [9.17, 15) is 14.4 Å². The van der Waals surface area contributed by atoms with Crippen molar-refractivity contribution < 1.29 is 28.6 Å². The zero-order chi connectivity index (χ0) is 34.3. The third-order valence-electron chi connectivity index (χ3n) is 8.33. The molecule has 10 heteroatoms. The van der Waals surface area contributed by atoms with Crippen molar-refractivity contribution >= 4 is 18.0 Å². The number of likely N-dealkylation sites (tertiary alicyclic amines) is 1. The Morgan fingerprint density at radius 3 is 2.25 bits per heavy atom. The number of methoxy groups -OCH3 is 1. The second-order valence-electron chi connectivity index (χ2n) is 11.8. The standard InChI is InChI=1S/C38H46N4O6/c1-5-8-9-10-11-20-47-33-18-16-29(17-19-33)31-22-39-35(40-23-31)30-14-12-28(13-15-30)21-34(41-38(45)48-26-27(6-2)7-3)36(43)42-24-32(25-42)37(44)46-4/h6-7,12-19,22-23,32,34H,2,5,8-11,20-21,24-26H2,1,3-4H3,(H,41,45)/b27-7+. The molecular formula is C38H46N4O6. The number of hydrogen-bond donors (Lipinski definition) is 1. The number of aromatic nitrogens is 2. The maximum atomic E-state index is 13.4. The SMILES string of the molecule is C=C/C(=C\C)COC(=O)NC(Cc1ccc(-c2ncc(-c3ccc(OCCCCCCC)cc3)cn2)cc1)C(=O)N1CC(C(=O)OC)C1. The molecule has 2 aromatic carbocycles. The number of amides is 2. The maximum Gasteiger partial charge on any atom is 0.408 e. The molecule has 4 rings (SSSR count). The number of allylic oxidation sites excluding steroid dienone is 1. The molecule has 0 bridgehead atoms. The summed E-state index contributed by atoms with van der Waals surface area (Å²) < 4.78 is 16.0. The van der Waals surface area contributed by atoms with Crippen LogP contribution in [0, 0.1) is 5.92 Å². The van der Waals surface area contributed by atoms with E-state index in [0.29, 0.717) is 5.82 Å². The predicted molar refractivity (Wildman–Crippen MR) is 185 cm³/mol. The number of carbonyl (C=O) groups excluding carboxylic acids is 3. The van der Waals surface area contributed by atoms with E-state index in [1.807, 2.05) is 55.5 Å². The summed E-state index contributed by atoms with van der Waals surface area (Å²) in [6.07, 6.45) is 12.5. The smallest absolute Gasteiger partial charge is 0.408 e. The summed E-state index contributed by atoms with van der Waals surface area (Å²) >= 11 is 0. The first-order valence-corrected chi connectivity index (χ1v) is 16.6. The van der Waals surface area contributed by atoms with Gasteiger partial charge in [-0.05, 0) is 42.2 Å². The van der Waals surface area contributed by atoms with Crippen LogP contribution in [0.4, 0.5) is 4.79 Å². The predicted octanol–water partition coefficient (Wildman–Crippen LogP) is 6.56. The largest absolute Gasteiger partial charge is 0.494 e. The monoisotopic (exact) mass is 654 g/mol. The minimum Gasteiger partial charge on any atom is -0.494 e. The van der Waals surface area contributed by atoms with Crippen LogP contribution in [0.15, 0.2) is 85.2 Å². The minimum atomic E-state index is -0.891. The van der Waals surface area contributed by atoms with Gasteiger partial charge in [0.25, 0.3) is 0 Å². The average molecular weight is 655 g/mol. The van der Waals surface area contributed by atoms with Crippen LogP contribution in [0.5, 0.6) is 5.75 Å². The summed E-state index contributed by atoms with van der Waals surface area (Å²) in [4.78, 5) is 48.6. The fourth-order valence-corrected chi connectivity index (χ4v) is 5.28. The molecule has 3 aromatic rings. The average Bonchev–Trinajstić information content (AvgIpc) is 3.10. The first-order chi connectivity index (χ1) is 23.3. The third-order valence-corrected chi connectivity index (χ3v) is 8.33. The van der Waals surface area contributed by atoms with E-state index < -0.39 is 12.1 Å². The molecule has 1 unspecified atom stereocenters. The second kappa shape index (κ2) is 18.4. The molecule has 1 atom stereocenters. The van der Waals surface area contributed by atoms with Gasteiger partial charge in [-0.1, -0.05) is 87.7 Å². The number of esters is 1. The van der Waals surface area contributed by atoms with Crippen LogP contribution in [-0.4, -0.2) is 72.3 Å². The van der Waals surface area contributed by atoms with Crippen molar-refractivity contribution in [1.29, 1.82) is 0 Å². The van der Waals surface area contributed by atoms with Gasteiger partial charge in [0.15, 0.2) is 5.82 Å². The molecule has 1 aromatic heterocycles. The van der Waals surface area contributed by atoms with Crippen LogP contribution in [0.1, 0.15) is 51.5 Å². The Balaban J connectivity index is 1.36. The number of rotatable bonds is 17. The third kappa shape index (κ3) is 10.3. The van der Waals surface area contributed by atoms with Crippen molar-refractivity contribution in [3.63, 3.8) is 0 Å². The van der Waals surface area contributed by atoms with Gasteiger partial charge < -0.3 is 24.4 Å². The lowest BCUT2D eigenvalue weighted by atomic mass is 9.97. The lowest BCUT2D eigenvalue weighted by Gasteiger charge is -2.39. The normalized spacial score (nSPS) is 13.6. The van der Waals surface area contributed by atoms with Crippen molar-refractivity contribution in [2.75, 3.05) is 33.4 Å². The van der Waals surface area contributed by atoms with Gasteiger partial charge in [-0.3, -0.25) is 9.59 Å². The maximum absolute atomic E-state index is 13.4. The highest BCUT2D eigenvalue weighted by molar-refractivity contribution is 5.88. The van der Waals surface area contributed by atoms with Crippen molar-refractivity contribution in [3.05, 3.63) is 90.8 Å². The van der Waals surface area contributed by atoms with E-state index >= 15 is 0 Å². The Morgan fingerprint density at radius 2 is 1.62 bits per heavy atom. The molecule has 0 saturated carbocycles. The van der Waals surface area contributed by atoms with Gasteiger partial charge in [0.1, 0.15) is 18.4 Å². The Morgan fingerprint density at radius 1 is 0.958 bits per heavy atom. The van der Waals surface area contributed by atoms with Gasteiger partial charge in [0.05, 0.1) is 19.6 Å². The van der Waals surface area contributed by atoms with E-state index in [0.717, 1.165) is 46.6 Å². The summed E-state index contributed by atoms with van der Waals surface area (Å²) in [7, 11) is 1.32. The molecule has 2 heterocycles. The van der Waals surface area contributed by atoms with Gasteiger partial charge in [-0.15, -0.1) is 0 Å². The topological polar surface area (TPSA) is 120 Å². The molecule has 2 amide bonds. The van der Waals surface area contributed by atoms with E-state index in [-0.39, 0.29) is 43.9 Å². The van der Waals surface area contributed by atoms with Gasteiger partial charge in [0.2, 0.25) is 5.91 Å². The van der Waals surface area contributed by atoms with E-state index in [1.54, 1.807) is 24.5 Å². The second-order valence-corrected chi connectivity index (χ2v) is 11.8. The zero-order valence-corrected chi connectivity index (χ0v) is 28.2. The highest BCUT2D eigenvalue weighted by Crippen LogP contribution is 2.24. The molecule has 254 valence electrons. The highest BCUT2D eigenvalue weighted by Gasteiger charge is 2.39. The van der Waals surface area contributed by atoms with Crippen LogP contribution in [0.3, 0.4) is 0 Å². The fourth-order valence-electron chi connectivity index (χ4n) is 5.28. The minimum absolute atomic E-state index is 0.0351. The lowest BCUT2D eigenvalue weighted by molar-refractivity contribution is -0.156. The number of nitrogens with one attached hydrogen (secondary N) is 1. The summed E-state index contributed by atoms with van der Waals surface area (Å²) in [6.45, 7) is 8.97. The van der Waals surface area contributed by atoms with E-state index in [1.165, 1.54) is 37.7 Å². The number of alkyl carbamates (subject to hydrolysis) is 1. The summed E-state index contributed by atoms with van der Waals surface area (Å²) in [5, 5.41) is 2.70. The van der Waals surface area contributed by atoms with Crippen LogP contribution < -0.4 is 10.1 Å². The highest BCUT2D eigenvalue weighted by atomic mass is 16.5. The molecule has 10 nitrogen and oxygen atoms in total. The molecule has 0 aliphatic carbocycles. The first kappa shape index (κ1) is 35.9. The Hall–Kier alpha value is -4.99. The zero-order valence-electron chi connectivity index (χ0n) is 28.2. The molecule has 1 aliphatic rings. The van der Waals surface area contributed by atoms with Crippen LogP contribution in [0.2, 0.25) is 0 Å². The lowest BCUT2D eigenvalue weighted by Crippen LogP contribution is -2.59. The quantitative estimate of drug-likeness (QED) is 0.0988. The molecule has 1 saturated heterocycles. The van der Waals surface area contributed by atoms with Crippen LogP contribution in [-0.2, 0) is 25.5 Å². The van der Waals surface area contributed by atoms with Gasteiger partial charge in [-0.2, -0.15) is 0 Å². The molecule has 1 fully saturated rings. The Kier molecular flexibility index (Phi) is 13.7. The van der Waals surface area contributed by atoms with E-state index in [4.69, 9.17) is 14.2 Å². The summed E-state index contributed by atoms with van der Waals surface area (Å²) in [6, 6.07) is 14.6. The van der Waals surface area contributed by atoms with Crippen molar-refractivity contribution in [1.82, 2.24) is 20.2 Å². The molecule has 0 spiro atoms. The fraction of sp³-hybridized carbons (Fsp3) is 0.395. The van der Waals surface area contributed by atoms with Gasteiger partial charge in [0, 0.05) is 43.0 Å². The molecule has 48 heavy (non-hydrogen) atoms.